The number of hydrogen-bond acceptors (Lipinski definition) is 3. The molecule has 0 radical (unpaired) electrons. The van der Waals surface area contributed by atoms with Gasteiger partial charge in [0.15, 0.2) is 0 Å². The van der Waals surface area contributed by atoms with Crippen LogP contribution in [0.1, 0.15) is 40.0 Å². The van der Waals surface area contributed by atoms with Gasteiger partial charge in [0, 0.05) is 0 Å². The smallest absolute Gasteiger partial charge is 0.228 e. The van der Waals surface area contributed by atoms with Crippen molar-refractivity contribution in [3.63, 3.8) is 0 Å². The first-order valence-electron chi connectivity index (χ1n) is 7.05. The number of hydrogen-bond donors (Lipinski definition) is 1. The SMILES string of the molecule is CC1CCC(C(C)C)C(Oc2ncc(N)cc2Br)C1. The van der Waals surface area contributed by atoms with Gasteiger partial charge < -0.3 is 10.5 Å². The fraction of sp³-hybridized carbons (Fsp3) is 0.667. The molecule has 1 aromatic heterocycles. The van der Waals surface area contributed by atoms with Crippen LogP contribution in [0, 0.1) is 17.8 Å². The van der Waals surface area contributed by atoms with Gasteiger partial charge in [0.25, 0.3) is 0 Å². The average molecular weight is 327 g/mol. The number of nitrogens with two attached hydrogens (primary N) is 1. The third kappa shape index (κ3) is 3.62. The zero-order valence-corrected chi connectivity index (χ0v) is 13.5. The average Bonchev–Trinajstić information content (AvgIpc) is 2.32. The molecule has 3 unspecified atom stereocenters. The summed E-state index contributed by atoms with van der Waals surface area (Å²) >= 11 is 3.48. The van der Waals surface area contributed by atoms with Crippen LogP contribution in [0.3, 0.4) is 0 Å². The Kier molecular flexibility index (Phi) is 4.71. The maximum atomic E-state index is 6.17. The standard InChI is InChI=1S/C15H23BrN2O/c1-9(2)12-5-4-10(3)6-14(12)19-15-13(16)7-11(17)8-18-15/h7-10,12,14H,4-6,17H2,1-3H3. The van der Waals surface area contributed by atoms with E-state index in [0.717, 1.165) is 16.8 Å². The van der Waals surface area contributed by atoms with Crippen LogP contribution in [0.5, 0.6) is 5.88 Å². The van der Waals surface area contributed by atoms with Gasteiger partial charge in [-0.2, -0.15) is 0 Å². The molecule has 0 bridgehead atoms. The van der Waals surface area contributed by atoms with E-state index in [1.54, 1.807) is 6.20 Å². The van der Waals surface area contributed by atoms with Crippen molar-refractivity contribution < 1.29 is 4.74 Å². The minimum Gasteiger partial charge on any atom is -0.473 e. The maximum Gasteiger partial charge on any atom is 0.228 e. The molecule has 3 nitrogen and oxygen atoms in total. The molecule has 1 aromatic rings. The van der Waals surface area contributed by atoms with Crippen molar-refractivity contribution in [2.75, 3.05) is 5.73 Å². The molecule has 19 heavy (non-hydrogen) atoms. The molecule has 0 aromatic carbocycles. The molecule has 0 aliphatic heterocycles. The normalized spacial score (nSPS) is 27.5. The summed E-state index contributed by atoms with van der Waals surface area (Å²) in [6.45, 7) is 6.86. The van der Waals surface area contributed by atoms with Crippen molar-refractivity contribution in [1.29, 1.82) is 0 Å². The first-order chi connectivity index (χ1) is 8.97. The Labute approximate surface area is 124 Å². The number of rotatable bonds is 3. The van der Waals surface area contributed by atoms with Gasteiger partial charge in [-0.1, -0.05) is 27.2 Å². The molecule has 0 saturated heterocycles. The van der Waals surface area contributed by atoms with Gasteiger partial charge in [-0.15, -0.1) is 0 Å². The van der Waals surface area contributed by atoms with E-state index in [4.69, 9.17) is 10.5 Å². The Balaban J connectivity index is 2.14. The molecule has 2 rings (SSSR count). The lowest BCUT2D eigenvalue weighted by Gasteiger charge is -2.37. The van der Waals surface area contributed by atoms with Crippen molar-refractivity contribution in [2.24, 2.45) is 17.8 Å². The van der Waals surface area contributed by atoms with E-state index < -0.39 is 0 Å². The molecule has 0 amide bonds. The number of pyridine rings is 1. The molecular weight excluding hydrogens is 304 g/mol. The van der Waals surface area contributed by atoms with Crippen molar-refractivity contribution in [2.45, 2.75) is 46.1 Å². The second kappa shape index (κ2) is 6.12. The predicted octanol–water partition coefficient (Wildman–Crippen LogP) is 4.27. The largest absolute Gasteiger partial charge is 0.473 e. The number of anilines is 1. The molecule has 1 fully saturated rings. The van der Waals surface area contributed by atoms with E-state index in [2.05, 4.69) is 41.7 Å². The van der Waals surface area contributed by atoms with Crippen LogP contribution in [-0.4, -0.2) is 11.1 Å². The highest BCUT2D eigenvalue weighted by molar-refractivity contribution is 9.10. The topological polar surface area (TPSA) is 48.1 Å². The summed E-state index contributed by atoms with van der Waals surface area (Å²) in [5.74, 6) is 2.65. The Morgan fingerprint density at radius 3 is 2.79 bits per heavy atom. The zero-order valence-electron chi connectivity index (χ0n) is 11.9. The highest BCUT2D eigenvalue weighted by Gasteiger charge is 2.32. The summed E-state index contributed by atoms with van der Waals surface area (Å²) < 4.78 is 7.01. The second-order valence-electron chi connectivity index (χ2n) is 6.04. The Hall–Kier alpha value is -0.770. The number of halogens is 1. The second-order valence-corrected chi connectivity index (χ2v) is 6.89. The molecular formula is C15H23BrN2O. The van der Waals surface area contributed by atoms with Gasteiger partial charge in [-0.05, 0) is 52.6 Å². The fourth-order valence-electron chi connectivity index (χ4n) is 2.92. The van der Waals surface area contributed by atoms with Gasteiger partial charge in [0.05, 0.1) is 16.4 Å². The Bertz CT molecular complexity index is 436. The van der Waals surface area contributed by atoms with E-state index in [-0.39, 0.29) is 6.10 Å². The summed E-state index contributed by atoms with van der Waals surface area (Å²) in [7, 11) is 0. The van der Waals surface area contributed by atoms with Crippen LogP contribution in [0.25, 0.3) is 0 Å². The lowest BCUT2D eigenvalue weighted by molar-refractivity contribution is 0.0420. The predicted molar refractivity (Wildman–Crippen MR) is 82.1 cm³/mol. The molecule has 4 heteroatoms. The van der Waals surface area contributed by atoms with Crippen molar-refractivity contribution in [3.8, 4) is 5.88 Å². The van der Waals surface area contributed by atoms with Crippen LogP contribution in [0.4, 0.5) is 5.69 Å². The number of nitrogen functional groups attached to an aromatic ring is 1. The fourth-order valence-corrected chi connectivity index (χ4v) is 3.38. The maximum absolute atomic E-state index is 6.17. The van der Waals surface area contributed by atoms with Crippen molar-refractivity contribution >= 4 is 21.6 Å². The molecule has 1 heterocycles. The van der Waals surface area contributed by atoms with Crippen LogP contribution in [0.15, 0.2) is 16.7 Å². The minimum absolute atomic E-state index is 0.260. The number of aromatic nitrogens is 1. The van der Waals surface area contributed by atoms with Gasteiger partial charge in [-0.25, -0.2) is 4.98 Å². The molecule has 2 N–H and O–H groups in total. The molecule has 1 saturated carbocycles. The van der Waals surface area contributed by atoms with Gasteiger partial charge in [0.2, 0.25) is 5.88 Å². The molecule has 3 atom stereocenters. The molecule has 1 aliphatic carbocycles. The summed E-state index contributed by atoms with van der Waals surface area (Å²) in [6, 6.07) is 1.85. The minimum atomic E-state index is 0.260. The van der Waals surface area contributed by atoms with E-state index in [9.17, 15) is 0 Å². The summed E-state index contributed by atoms with van der Waals surface area (Å²) in [5, 5.41) is 0. The van der Waals surface area contributed by atoms with E-state index in [1.807, 2.05) is 6.07 Å². The first kappa shape index (κ1) is 14.6. The van der Waals surface area contributed by atoms with Crippen molar-refractivity contribution in [1.82, 2.24) is 4.98 Å². The van der Waals surface area contributed by atoms with Crippen LogP contribution in [-0.2, 0) is 0 Å². The van der Waals surface area contributed by atoms with Crippen LogP contribution in [0.2, 0.25) is 0 Å². The van der Waals surface area contributed by atoms with Crippen LogP contribution >= 0.6 is 15.9 Å². The molecule has 0 spiro atoms. The third-order valence-corrected chi connectivity index (χ3v) is 4.62. The molecule has 1 aliphatic rings. The van der Waals surface area contributed by atoms with E-state index >= 15 is 0 Å². The molecule has 106 valence electrons. The summed E-state index contributed by atoms with van der Waals surface area (Å²) in [6.07, 6.45) is 5.57. The van der Waals surface area contributed by atoms with Crippen molar-refractivity contribution in [3.05, 3.63) is 16.7 Å². The monoisotopic (exact) mass is 326 g/mol. The lowest BCUT2D eigenvalue weighted by Crippen LogP contribution is -2.36. The summed E-state index contributed by atoms with van der Waals surface area (Å²) in [5.41, 5.74) is 6.36. The lowest BCUT2D eigenvalue weighted by atomic mass is 9.75. The highest BCUT2D eigenvalue weighted by atomic mass is 79.9. The van der Waals surface area contributed by atoms with Crippen LogP contribution < -0.4 is 10.5 Å². The first-order valence-corrected chi connectivity index (χ1v) is 7.84. The van der Waals surface area contributed by atoms with Gasteiger partial charge in [0.1, 0.15) is 6.10 Å². The van der Waals surface area contributed by atoms with Gasteiger partial charge in [-0.3, -0.25) is 0 Å². The number of ether oxygens (including phenoxy) is 1. The van der Waals surface area contributed by atoms with Gasteiger partial charge >= 0.3 is 0 Å². The van der Waals surface area contributed by atoms with E-state index in [1.165, 1.54) is 12.8 Å². The zero-order chi connectivity index (χ0) is 14.0. The summed E-state index contributed by atoms with van der Waals surface area (Å²) in [4.78, 5) is 4.30. The third-order valence-electron chi connectivity index (χ3n) is 4.05. The Morgan fingerprint density at radius 1 is 1.42 bits per heavy atom. The highest BCUT2D eigenvalue weighted by Crippen LogP contribution is 2.37. The Morgan fingerprint density at radius 2 is 2.16 bits per heavy atom. The quantitative estimate of drug-likeness (QED) is 0.902. The van der Waals surface area contributed by atoms with E-state index in [0.29, 0.717) is 23.4 Å². The number of nitrogens with zero attached hydrogens (tertiary/aromatic N) is 1.